The normalized spacial score (nSPS) is 17.3. The molecular formula is C25H24ClN5O2S2. The Hall–Kier alpha value is -3.14. The van der Waals surface area contributed by atoms with Gasteiger partial charge in [0.25, 0.3) is 16.0 Å². The van der Waals surface area contributed by atoms with E-state index in [1.807, 2.05) is 30.3 Å². The van der Waals surface area contributed by atoms with E-state index in [1.165, 1.54) is 28.9 Å². The molecule has 1 aliphatic heterocycles. The molecule has 10 heteroatoms. The summed E-state index contributed by atoms with van der Waals surface area (Å²) in [4.78, 5) is 4.36. The average molecular weight is 526 g/mol. The molecule has 4 rings (SSSR count). The Labute approximate surface area is 214 Å². The van der Waals surface area contributed by atoms with Crippen LogP contribution < -0.4 is 5.73 Å². The molecule has 0 amide bonds. The number of hydrazone groups is 1. The largest absolute Gasteiger partial charge is 0.378 e. The molecule has 0 fully saturated rings. The Kier molecular flexibility index (Phi) is 7.90. The quantitative estimate of drug-likeness (QED) is 0.383. The van der Waals surface area contributed by atoms with Gasteiger partial charge in [0.1, 0.15) is 0 Å². The lowest BCUT2D eigenvalue weighted by Gasteiger charge is -2.30. The van der Waals surface area contributed by atoms with Crippen molar-refractivity contribution in [3.8, 4) is 0 Å². The molecule has 0 bridgehead atoms. The molecular weight excluding hydrogens is 502 g/mol. The Morgan fingerprint density at radius 2 is 1.66 bits per heavy atom. The highest BCUT2D eigenvalue weighted by atomic mass is 35.5. The molecule has 3 aromatic rings. The summed E-state index contributed by atoms with van der Waals surface area (Å²) in [7, 11) is -4.03. The molecule has 0 radical (unpaired) electrons. The lowest BCUT2D eigenvalue weighted by atomic mass is 9.86. The molecule has 0 aromatic heterocycles. The minimum absolute atomic E-state index is 0.00230. The van der Waals surface area contributed by atoms with Gasteiger partial charge < -0.3 is 5.73 Å². The van der Waals surface area contributed by atoms with Crippen LogP contribution in [0, 0.1) is 0 Å². The Morgan fingerprint density at radius 3 is 2.29 bits per heavy atom. The van der Waals surface area contributed by atoms with Crippen LogP contribution in [0.3, 0.4) is 0 Å². The van der Waals surface area contributed by atoms with Crippen molar-refractivity contribution in [1.82, 2.24) is 5.01 Å². The Bertz CT molecular complexity index is 1360. The van der Waals surface area contributed by atoms with E-state index in [9.17, 15) is 8.42 Å². The van der Waals surface area contributed by atoms with Crippen LogP contribution in [-0.2, 0) is 10.0 Å². The van der Waals surface area contributed by atoms with E-state index in [0.29, 0.717) is 18.0 Å². The Morgan fingerprint density at radius 1 is 1.03 bits per heavy atom. The fourth-order valence-corrected chi connectivity index (χ4v) is 4.95. The number of thioether (sulfide) groups is 1. The highest BCUT2D eigenvalue weighted by Crippen LogP contribution is 2.30. The summed E-state index contributed by atoms with van der Waals surface area (Å²) in [5.74, 6) is -0.0823. The van der Waals surface area contributed by atoms with Crippen molar-refractivity contribution in [2.75, 3.05) is 12.8 Å². The van der Waals surface area contributed by atoms with Crippen molar-refractivity contribution in [3.05, 3.63) is 101 Å². The third-order valence-corrected chi connectivity index (χ3v) is 7.46. The molecule has 3 aromatic carbocycles. The number of hydrogen-bond acceptors (Lipinski definition) is 4. The number of hydrogen-bond donors (Lipinski definition) is 1. The van der Waals surface area contributed by atoms with Crippen LogP contribution in [-0.4, -0.2) is 43.1 Å². The van der Waals surface area contributed by atoms with Crippen LogP contribution in [0.2, 0.25) is 5.02 Å². The maximum Gasteiger partial charge on any atom is 0.285 e. The number of sulfonamides is 1. The van der Waals surface area contributed by atoms with E-state index in [2.05, 4.69) is 21.5 Å². The van der Waals surface area contributed by atoms with E-state index < -0.39 is 10.0 Å². The molecule has 1 heterocycles. The summed E-state index contributed by atoms with van der Waals surface area (Å²) in [5, 5.41) is 7.15. The molecule has 0 spiro atoms. The van der Waals surface area contributed by atoms with Gasteiger partial charge in [0.2, 0.25) is 0 Å². The van der Waals surface area contributed by atoms with E-state index in [1.54, 1.807) is 36.6 Å². The van der Waals surface area contributed by atoms with Crippen LogP contribution in [0.1, 0.15) is 23.5 Å². The molecule has 0 saturated heterocycles. The lowest BCUT2D eigenvalue weighted by Crippen LogP contribution is -2.36. The molecule has 1 unspecified atom stereocenters. The summed E-state index contributed by atoms with van der Waals surface area (Å²) in [6.45, 7) is 0.408. The number of amidine groups is 1. The molecule has 1 aliphatic rings. The monoisotopic (exact) mass is 525 g/mol. The third kappa shape index (κ3) is 6.11. The van der Waals surface area contributed by atoms with Gasteiger partial charge in [-0.05, 0) is 48.1 Å². The van der Waals surface area contributed by atoms with Crippen LogP contribution in [0.4, 0.5) is 0 Å². The summed E-state index contributed by atoms with van der Waals surface area (Å²) < 4.78 is 30.1. The van der Waals surface area contributed by atoms with Gasteiger partial charge in [0.05, 0.1) is 10.6 Å². The van der Waals surface area contributed by atoms with Crippen LogP contribution in [0.25, 0.3) is 0 Å². The third-order valence-electron chi connectivity index (χ3n) is 5.42. The summed E-state index contributed by atoms with van der Waals surface area (Å²) in [6.07, 6.45) is 2.43. The maximum absolute atomic E-state index is 13.0. The number of benzene rings is 3. The lowest BCUT2D eigenvalue weighted by molar-refractivity contribution is 0.400. The standard InChI is InChI=1S/C25H24ClN5O2S2/c1-34-24(27)28-25(30-35(32,33)21-10-6-3-7-11-21)31-17-16-22(18-8-4-2-5-9-18)23(29-31)19-12-14-20(26)15-13-19/h2-15,22H,16-17H2,1H3,(H2,27,28,30). The van der Waals surface area contributed by atoms with Gasteiger partial charge in [-0.2, -0.15) is 18.5 Å². The highest BCUT2D eigenvalue weighted by molar-refractivity contribution is 8.13. The van der Waals surface area contributed by atoms with Gasteiger partial charge in [0.15, 0.2) is 5.17 Å². The maximum atomic E-state index is 13.0. The molecule has 7 nitrogen and oxygen atoms in total. The molecule has 180 valence electrons. The number of nitrogens with two attached hydrogens (primary N) is 1. The number of aliphatic imine (C=N–C) groups is 1. The van der Waals surface area contributed by atoms with Crippen molar-refractivity contribution < 1.29 is 8.42 Å². The van der Waals surface area contributed by atoms with Crippen LogP contribution in [0.5, 0.6) is 0 Å². The first-order valence-electron chi connectivity index (χ1n) is 10.8. The summed E-state index contributed by atoms with van der Waals surface area (Å²) >= 11 is 7.31. The second kappa shape index (κ2) is 11.1. The zero-order valence-corrected chi connectivity index (χ0v) is 21.3. The number of rotatable bonds is 4. The first kappa shape index (κ1) is 25.0. The smallest absolute Gasteiger partial charge is 0.285 e. The van der Waals surface area contributed by atoms with Crippen molar-refractivity contribution in [3.63, 3.8) is 0 Å². The van der Waals surface area contributed by atoms with Gasteiger partial charge in [-0.15, -0.1) is 4.40 Å². The van der Waals surface area contributed by atoms with Crippen molar-refractivity contribution in [1.29, 1.82) is 0 Å². The number of nitrogens with zero attached hydrogens (tertiary/aromatic N) is 4. The minimum atomic E-state index is -4.03. The van der Waals surface area contributed by atoms with E-state index >= 15 is 0 Å². The predicted octanol–water partition coefficient (Wildman–Crippen LogP) is 4.96. The molecule has 35 heavy (non-hydrogen) atoms. The zero-order valence-electron chi connectivity index (χ0n) is 19.0. The summed E-state index contributed by atoms with van der Waals surface area (Å²) in [6, 6.07) is 25.5. The highest BCUT2D eigenvalue weighted by Gasteiger charge is 2.29. The van der Waals surface area contributed by atoms with Crippen molar-refractivity contribution in [2.24, 2.45) is 20.2 Å². The molecule has 0 saturated carbocycles. The minimum Gasteiger partial charge on any atom is -0.378 e. The van der Waals surface area contributed by atoms with E-state index in [-0.39, 0.29) is 21.9 Å². The van der Waals surface area contributed by atoms with Crippen LogP contribution >= 0.6 is 23.4 Å². The van der Waals surface area contributed by atoms with Crippen molar-refractivity contribution >= 4 is 50.2 Å². The van der Waals surface area contributed by atoms with Gasteiger partial charge in [-0.25, -0.2) is 5.01 Å². The molecule has 1 atom stereocenters. The van der Waals surface area contributed by atoms with Crippen molar-refractivity contribution in [2.45, 2.75) is 17.2 Å². The second-order valence-corrected chi connectivity index (χ2v) is 10.6. The van der Waals surface area contributed by atoms with Crippen LogP contribution in [0.15, 0.2) is 104 Å². The first-order chi connectivity index (χ1) is 16.9. The van der Waals surface area contributed by atoms with E-state index in [4.69, 9.17) is 22.4 Å². The topological polar surface area (TPSA) is 100 Å². The van der Waals surface area contributed by atoms with Gasteiger partial charge in [0, 0.05) is 17.5 Å². The zero-order chi connectivity index (χ0) is 24.8. The predicted molar refractivity (Wildman–Crippen MR) is 145 cm³/mol. The SMILES string of the molecule is CS/C(N)=N\C(=N\S(=O)(=O)c1ccccc1)N1CCC(c2ccccc2)C(c2ccc(Cl)cc2)=N1. The number of guanidine groups is 1. The fraction of sp³-hybridized carbons (Fsp3) is 0.160. The van der Waals surface area contributed by atoms with Gasteiger partial charge in [-0.1, -0.05) is 84.0 Å². The fourth-order valence-electron chi connectivity index (χ4n) is 3.69. The molecule has 2 N–H and O–H groups in total. The van der Waals surface area contributed by atoms with E-state index in [0.717, 1.165) is 16.8 Å². The Balaban J connectivity index is 1.83. The number of halogens is 1. The van der Waals surface area contributed by atoms with Gasteiger partial charge in [-0.3, -0.25) is 0 Å². The first-order valence-corrected chi connectivity index (χ1v) is 13.9. The average Bonchev–Trinajstić information content (AvgIpc) is 2.89. The molecule has 0 aliphatic carbocycles. The second-order valence-electron chi connectivity index (χ2n) is 7.70. The summed E-state index contributed by atoms with van der Waals surface area (Å²) in [5.41, 5.74) is 8.72. The van der Waals surface area contributed by atoms with Gasteiger partial charge >= 0.3 is 0 Å².